The van der Waals surface area contributed by atoms with Crippen LogP contribution in [-0.2, 0) is 14.3 Å². The maximum absolute atomic E-state index is 12.8. The second-order valence-corrected chi connectivity index (χ2v) is 7.94. The number of aryl methyl sites for hydroxylation is 1. The lowest BCUT2D eigenvalue weighted by molar-refractivity contribution is -0.384. The van der Waals surface area contributed by atoms with Gasteiger partial charge in [0.05, 0.1) is 36.1 Å². The minimum atomic E-state index is -0.869. The molecular weight excluding hydrogens is 446 g/mol. The first kappa shape index (κ1) is 24.5. The van der Waals surface area contributed by atoms with E-state index in [1.165, 1.54) is 44.6 Å². The molecule has 3 rings (SSSR count). The molecule has 180 valence electrons. The van der Waals surface area contributed by atoms with Crippen molar-refractivity contribution in [3.8, 4) is 11.5 Å². The van der Waals surface area contributed by atoms with Crippen LogP contribution in [0.15, 0.2) is 30.3 Å². The summed E-state index contributed by atoms with van der Waals surface area (Å²) in [7, 11) is 2.82. The fourth-order valence-corrected chi connectivity index (χ4v) is 3.32. The van der Waals surface area contributed by atoms with Gasteiger partial charge in [-0.15, -0.1) is 0 Å². The van der Waals surface area contributed by atoms with Crippen LogP contribution in [0.25, 0.3) is 0 Å². The van der Waals surface area contributed by atoms with E-state index in [1.54, 1.807) is 6.92 Å². The van der Waals surface area contributed by atoms with Crippen molar-refractivity contribution in [1.29, 1.82) is 0 Å². The molecule has 1 aliphatic carbocycles. The number of nitro benzene ring substituents is 1. The Hall–Kier alpha value is -4.15. The Bertz CT molecular complexity index is 1150. The van der Waals surface area contributed by atoms with Gasteiger partial charge in [-0.3, -0.25) is 19.7 Å². The highest BCUT2D eigenvalue weighted by molar-refractivity contribution is 6.04. The highest BCUT2D eigenvalue weighted by Crippen LogP contribution is 2.40. The maximum Gasteiger partial charge on any atom is 0.340 e. The number of hydrogen-bond acceptors (Lipinski definition) is 8. The number of carbonyl (C=O) groups is 3. The van der Waals surface area contributed by atoms with E-state index in [0.717, 1.165) is 6.42 Å². The summed E-state index contributed by atoms with van der Waals surface area (Å²) in [6, 6.07) is 6.85. The summed E-state index contributed by atoms with van der Waals surface area (Å²) in [6.07, 6.45) is 0.760. The third kappa shape index (κ3) is 5.61. The largest absolute Gasteiger partial charge is 0.493 e. The highest BCUT2D eigenvalue weighted by Gasteiger charge is 2.39. The van der Waals surface area contributed by atoms with E-state index in [1.807, 2.05) is 6.92 Å². The molecule has 2 N–H and O–H groups in total. The predicted molar refractivity (Wildman–Crippen MR) is 122 cm³/mol. The highest BCUT2D eigenvalue weighted by atomic mass is 16.6. The van der Waals surface area contributed by atoms with Crippen LogP contribution in [0.3, 0.4) is 0 Å². The van der Waals surface area contributed by atoms with Crippen molar-refractivity contribution < 1.29 is 33.5 Å². The molecule has 0 aliphatic heterocycles. The normalized spacial score (nSPS) is 16.2. The molecule has 0 aromatic heterocycles. The molecule has 2 aromatic carbocycles. The first-order valence-corrected chi connectivity index (χ1v) is 10.4. The number of carbonyl (C=O) groups excluding carboxylic acids is 3. The Kier molecular flexibility index (Phi) is 7.34. The molecule has 2 unspecified atom stereocenters. The number of esters is 1. The number of benzene rings is 2. The average molecular weight is 471 g/mol. The number of non-ortho nitro benzene ring substituents is 1. The minimum Gasteiger partial charge on any atom is -0.493 e. The topological polar surface area (TPSA) is 146 Å². The SMILES string of the molecule is COc1cc(NC(=O)C2CC2C)c(C(=O)OCC(=O)Nc2cc([N+](=O)[O-])ccc2C)cc1OC. The molecule has 2 atom stereocenters. The second kappa shape index (κ2) is 10.2. The number of hydrogen-bond donors (Lipinski definition) is 2. The van der Waals surface area contributed by atoms with Gasteiger partial charge in [0.15, 0.2) is 18.1 Å². The molecule has 11 heteroatoms. The van der Waals surface area contributed by atoms with Gasteiger partial charge in [0.25, 0.3) is 11.6 Å². The van der Waals surface area contributed by atoms with Crippen LogP contribution in [0.5, 0.6) is 11.5 Å². The summed E-state index contributed by atoms with van der Waals surface area (Å²) in [5.41, 5.74) is 0.797. The van der Waals surface area contributed by atoms with Crippen molar-refractivity contribution in [2.75, 3.05) is 31.5 Å². The number of amides is 2. The first-order valence-electron chi connectivity index (χ1n) is 10.4. The standard InChI is InChI=1S/C23H25N3O8/c1-12-5-6-14(26(30)31)8-17(12)24-21(27)11-34-23(29)16-9-19(32-3)20(33-4)10-18(16)25-22(28)15-7-13(15)2/h5-6,8-10,13,15H,7,11H2,1-4H3,(H,24,27)(H,25,28). The molecule has 11 nitrogen and oxygen atoms in total. The van der Waals surface area contributed by atoms with Crippen LogP contribution in [0, 0.1) is 28.9 Å². The Balaban J connectivity index is 1.74. The minimum absolute atomic E-state index is 0.0152. The fourth-order valence-electron chi connectivity index (χ4n) is 3.32. The second-order valence-electron chi connectivity index (χ2n) is 7.94. The molecular formula is C23H25N3O8. The lowest BCUT2D eigenvalue weighted by atomic mass is 10.1. The summed E-state index contributed by atoms with van der Waals surface area (Å²) in [5.74, 6) is -1.12. The molecule has 0 saturated heterocycles. The summed E-state index contributed by atoms with van der Waals surface area (Å²) in [6.45, 7) is 2.97. The summed E-state index contributed by atoms with van der Waals surface area (Å²) < 4.78 is 15.6. The van der Waals surface area contributed by atoms with Gasteiger partial charge in [0, 0.05) is 30.2 Å². The Morgan fingerprint density at radius 2 is 1.71 bits per heavy atom. The number of rotatable bonds is 9. The molecule has 0 radical (unpaired) electrons. The predicted octanol–water partition coefficient (Wildman–Crippen LogP) is 3.31. The van der Waals surface area contributed by atoms with Gasteiger partial charge in [-0.05, 0) is 24.8 Å². The van der Waals surface area contributed by atoms with Gasteiger partial charge >= 0.3 is 5.97 Å². The van der Waals surface area contributed by atoms with E-state index < -0.39 is 23.4 Å². The van der Waals surface area contributed by atoms with E-state index in [9.17, 15) is 24.5 Å². The maximum atomic E-state index is 12.8. The van der Waals surface area contributed by atoms with Crippen molar-refractivity contribution in [2.45, 2.75) is 20.3 Å². The zero-order chi connectivity index (χ0) is 25.0. The number of nitrogens with one attached hydrogen (secondary N) is 2. The van der Waals surface area contributed by atoms with Crippen molar-refractivity contribution in [3.63, 3.8) is 0 Å². The van der Waals surface area contributed by atoms with Gasteiger partial charge in [-0.25, -0.2) is 4.79 Å². The lowest BCUT2D eigenvalue weighted by Gasteiger charge is -2.15. The molecule has 0 spiro atoms. The summed E-state index contributed by atoms with van der Waals surface area (Å²) in [4.78, 5) is 48.0. The number of methoxy groups -OCH3 is 2. The molecule has 0 heterocycles. The van der Waals surface area contributed by atoms with Crippen LogP contribution in [0.1, 0.15) is 29.3 Å². The van der Waals surface area contributed by atoms with Crippen molar-refractivity contribution in [3.05, 3.63) is 51.6 Å². The molecule has 2 amide bonds. The number of nitrogens with zero attached hydrogens (tertiary/aromatic N) is 1. The number of nitro groups is 1. The Labute approximate surface area is 195 Å². The Morgan fingerprint density at radius 3 is 2.29 bits per heavy atom. The lowest BCUT2D eigenvalue weighted by Crippen LogP contribution is -2.23. The third-order valence-electron chi connectivity index (χ3n) is 5.49. The molecule has 2 aromatic rings. The molecule has 1 aliphatic rings. The van der Waals surface area contributed by atoms with Crippen molar-refractivity contribution in [1.82, 2.24) is 0 Å². The van der Waals surface area contributed by atoms with Crippen LogP contribution < -0.4 is 20.1 Å². The average Bonchev–Trinajstić information content (AvgIpc) is 3.55. The fraction of sp³-hybridized carbons (Fsp3) is 0.348. The van der Waals surface area contributed by atoms with Crippen LogP contribution in [0.2, 0.25) is 0 Å². The molecule has 1 fully saturated rings. The number of anilines is 2. The van der Waals surface area contributed by atoms with Crippen LogP contribution in [0.4, 0.5) is 17.1 Å². The quantitative estimate of drug-likeness (QED) is 0.322. The van der Waals surface area contributed by atoms with E-state index >= 15 is 0 Å². The van der Waals surface area contributed by atoms with Gasteiger partial charge in [0.1, 0.15) is 0 Å². The Morgan fingerprint density at radius 1 is 1.06 bits per heavy atom. The first-order chi connectivity index (χ1) is 16.1. The van der Waals surface area contributed by atoms with E-state index in [4.69, 9.17) is 14.2 Å². The van der Waals surface area contributed by atoms with E-state index in [-0.39, 0.29) is 46.1 Å². The zero-order valence-electron chi connectivity index (χ0n) is 19.2. The molecule has 0 bridgehead atoms. The smallest absolute Gasteiger partial charge is 0.340 e. The van der Waals surface area contributed by atoms with Gasteiger partial charge in [-0.2, -0.15) is 0 Å². The van der Waals surface area contributed by atoms with Gasteiger partial charge in [0.2, 0.25) is 5.91 Å². The van der Waals surface area contributed by atoms with E-state index in [0.29, 0.717) is 11.3 Å². The monoisotopic (exact) mass is 471 g/mol. The van der Waals surface area contributed by atoms with Crippen LogP contribution in [-0.4, -0.2) is 43.5 Å². The van der Waals surface area contributed by atoms with Gasteiger partial charge < -0.3 is 24.8 Å². The van der Waals surface area contributed by atoms with E-state index in [2.05, 4.69) is 10.6 Å². The van der Waals surface area contributed by atoms with Gasteiger partial charge in [-0.1, -0.05) is 13.0 Å². The summed E-state index contributed by atoms with van der Waals surface area (Å²) >= 11 is 0. The van der Waals surface area contributed by atoms with Crippen molar-refractivity contribution in [2.24, 2.45) is 11.8 Å². The third-order valence-corrected chi connectivity index (χ3v) is 5.49. The van der Waals surface area contributed by atoms with Crippen molar-refractivity contribution >= 4 is 34.8 Å². The van der Waals surface area contributed by atoms with Crippen LogP contribution >= 0.6 is 0 Å². The summed E-state index contributed by atoms with van der Waals surface area (Å²) in [5, 5.41) is 16.2. The molecule has 1 saturated carbocycles. The number of ether oxygens (including phenoxy) is 3. The zero-order valence-corrected chi connectivity index (χ0v) is 19.2. The molecule has 34 heavy (non-hydrogen) atoms.